The van der Waals surface area contributed by atoms with Crippen LogP contribution in [0.5, 0.6) is 0 Å². The van der Waals surface area contributed by atoms with Crippen molar-refractivity contribution < 1.29 is 0 Å². The number of hydrogen-bond acceptors (Lipinski definition) is 3. The van der Waals surface area contributed by atoms with Gasteiger partial charge in [0, 0.05) is 32.4 Å². The summed E-state index contributed by atoms with van der Waals surface area (Å²) < 4.78 is 0. The van der Waals surface area contributed by atoms with Crippen molar-refractivity contribution in [2.24, 2.45) is 5.41 Å². The van der Waals surface area contributed by atoms with Crippen LogP contribution in [-0.4, -0.2) is 31.2 Å². The van der Waals surface area contributed by atoms with Crippen LogP contribution in [0.2, 0.25) is 0 Å². The molecule has 1 aromatic heterocycles. The van der Waals surface area contributed by atoms with Crippen LogP contribution >= 0.6 is 0 Å². The smallest absolute Gasteiger partial charge is 0.128 e. The highest BCUT2D eigenvalue weighted by molar-refractivity contribution is 5.38. The first-order valence-electron chi connectivity index (χ1n) is 5.75. The van der Waals surface area contributed by atoms with E-state index in [-0.39, 0.29) is 0 Å². The van der Waals surface area contributed by atoms with Gasteiger partial charge >= 0.3 is 0 Å². The van der Waals surface area contributed by atoms with Gasteiger partial charge in [-0.15, -0.1) is 0 Å². The average molecular weight is 203 g/mol. The van der Waals surface area contributed by atoms with Crippen LogP contribution in [-0.2, 0) is 0 Å². The third kappa shape index (κ3) is 1.61. The first-order chi connectivity index (χ1) is 7.38. The van der Waals surface area contributed by atoms with Crippen molar-refractivity contribution in [3.8, 4) is 0 Å². The van der Waals surface area contributed by atoms with Crippen LogP contribution in [0.15, 0.2) is 24.4 Å². The molecular formula is C12H17N3. The largest absolute Gasteiger partial charge is 0.357 e. The highest BCUT2D eigenvalue weighted by atomic mass is 15.2. The first-order valence-corrected chi connectivity index (χ1v) is 5.75. The molecule has 2 saturated heterocycles. The molecule has 2 aliphatic rings. The lowest BCUT2D eigenvalue weighted by atomic mass is 9.73. The summed E-state index contributed by atoms with van der Waals surface area (Å²) in [4.78, 5) is 6.81. The minimum atomic E-state index is 0.630. The van der Waals surface area contributed by atoms with Crippen molar-refractivity contribution in [1.82, 2.24) is 10.3 Å². The molecule has 1 N–H and O–H groups in total. The molecule has 3 heterocycles. The number of pyridine rings is 1. The van der Waals surface area contributed by atoms with Crippen LogP contribution in [0.4, 0.5) is 5.82 Å². The van der Waals surface area contributed by atoms with Crippen molar-refractivity contribution in [2.45, 2.75) is 12.8 Å². The number of aromatic nitrogens is 1. The van der Waals surface area contributed by atoms with Crippen LogP contribution in [0.1, 0.15) is 12.8 Å². The predicted octanol–water partition coefficient (Wildman–Crippen LogP) is 1.27. The van der Waals surface area contributed by atoms with E-state index in [1.165, 1.54) is 39.0 Å². The van der Waals surface area contributed by atoms with Gasteiger partial charge in [-0.25, -0.2) is 4.98 Å². The van der Waals surface area contributed by atoms with Gasteiger partial charge in [0.15, 0.2) is 0 Å². The van der Waals surface area contributed by atoms with Crippen molar-refractivity contribution in [3.63, 3.8) is 0 Å². The molecule has 0 aliphatic carbocycles. The predicted molar refractivity (Wildman–Crippen MR) is 61.0 cm³/mol. The molecule has 0 saturated carbocycles. The maximum atomic E-state index is 4.40. The number of rotatable bonds is 1. The van der Waals surface area contributed by atoms with Crippen molar-refractivity contribution in [3.05, 3.63) is 24.4 Å². The molecule has 1 spiro atoms. The number of piperidine rings is 1. The molecular weight excluding hydrogens is 186 g/mol. The summed E-state index contributed by atoms with van der Waals surface area (Å²) in [7, 11) is 0. The van der Waals surface area contributed by atoms with Gasteiger partial charge in [-0.3, -0.25) is 0 Å². The third-order valence-corrected chi connectivity index (χ3v) is 3.80. The second-order valence-electron chi connectivity index (χ2n) is 4.78. The fourth-order valence-corrected chi connectivity index (χ4v) is 2.58. The molecule has 80 valence electrons. The Morgan fingerprint density at radius 1 is 1.20 bits per heavy atom. The number of nitrogens with one attached hydrogen (secondary N) is 1. The van der Waals surface area contributed by atoms with Gasteiger partial charge in [0.05, 0.1) is 0 Å². The number of hydrogen-bond donors (Lipinski definition) is 1. The van der Waals surface area contributed by atoms with E-state index in [2.05, 4.69) is 27.3 Å². The fourth-order valence-electron chi connectivity index (χ4n) is 2.58. The highest BCUT2D eigenvalue weighted by Crippen LogP contribution is 2.35. The zero-order valence-corrected chi connectivity index (χ0v) is 8.95. The second kappa shape index (κ2) is 3.49. The van der Waals surface area contributed by atoms with Crippen molar-refractivity contribution in [2.75, 3.05) is 31.1 Å². The standard InChI is InChI=1S/C12H17N3/c1-2-6-14-11(3-1)15-7-4-12(5-8-15)9-13-10-12/h1-3,6,13H,4-5,7-10H2. The summed E-state index contributed by atoms with van der Waals surface area (Å²) in [6.07, 6.45) is 4.51. The number of nitrogens with zero attached hydrogens (tertiary/aromatic N) is 2. The van der Waals surface area contributed by atoms with Crippen LogP contribution in [0.25, 0.3) is 0 Å². The average Bonchev–Trinajstić information content (AvgIpc) is 2.28. The number of anilines is 1. The van der Waals surface area contributed by atoms with Gasteiger partial charge in [-0.1, -0.05) is 6.07 Å². The van der Waals surface area contributed by atoms with Gasteiger partial charge in [-0.05, 0) is 30.4 Å². The Morgan fingerprint density at radius 3 is 2.53 bits per heavy atom. The summed E-state index contributed by atoms with van der Waals surface area (Å²) in [6, 6.07) is 6.15. The lowest BCUT2D eigenvalue weighted by Gasteiger charge is -2.48. The van der Waals surface area contributed by atoms with E-state index in [4.69, 9.17) is 0 Å². The van der Waals surface area contributed by atoms with E-state index in [0.29, 0.717) is 5.41 Å². The Balaban J connectivity index is 1.67. The van der Waals surface area contributed by atoms with Gasteiger partial charge in [0.2, 0.25) is 0 Å². The maximum Gasteiger partial charge on any atom is 0.128 e. The quantitative estimate of drug-likeness (QED) is 0.745. The molecule has 1 aromatic rings. The van der Waals surface area contributed by atoms with Crippen LogP contribution in [0.3, 0.4) is 0 Å². The summed E-state index contributed by atoms with van der Waals surface area (Å²) in [5.74, 6) is 1.14. The molecule has 0 bridgehead atoms. The summed E-state index contributed by atoms with van der Waals surface area (Å²) >= 11 is 0. The van der Waals surface area contributed by atoms with E-state index < -0.39 is 0 Å². The lowest BCUT2D eigenvalue weighted by Crippen LogP contribution is -2.58. The summed E-state index contributed by atoms with van der Waals surface area (Å²) in [5.41, 5.74) is 0.630. The minimum absolute atomic E-state index is 0.630. The molecule has 3 nitrogen and oxygen atoms in total. The lowest BCUT2D eigenvalue weighted by molar-refractivity contribution is 0.126. The van der Waals surface area contributed by atoms with E-state index in [0.717, 1.165) is 5.82 Å². The molecule has 0 radical (unpaired) electrons. The Morgan fingerprint density at radius 2 is 2.00 bits per heavy atom. The minimum Gasteiger partial charge on any atom is -0.357 e. The zero-order chi connectivity index (χ0) is 10.1. The van der Waals surface area contributed by atoms with Gasteiger partial charge in [-0.2, -0.15) is 0 Å². The highest BCUT2D eigenvalue weighted by Gasteiger charge is 2.39. The normalized spacial score (nSPS) is 23.9. The summed E-state index contributed by atoms with van der Waals surface area (Å²) in [6.45, 7) is 4.78. The van der Waals surface area contributed by atoms with E-state index in [1.54, 1.807) is 0 Å². The molecule has 3 heteroatoms. The third-order valence-electron chi connectivity index (χ3n) is 3.80. The second-order valence-corrected chi connectivity index (χ2v) is 4.78. The Hall–Kier alpha value is -1.09. The molecule has 15 heavy (non-hydrogen) atoms. The van der Waals surface area contributed by atoms with E-state index in [9.17, 15) is 0 Å². The first kappa shape index (κ1) is 9.16. The van der Waals surface area contributed by atoms with Crippen molar-refractivity contribution >= 4 is 5.82 Å². The topological polar surface area (TPSA) is 28.2 Å². The zero-order valence-electron chi connectivity index (χ0n) is 8.95. The molecule has 2 fully saturated rings. The van der Waals surface area contributed by atoms with Gasteiger partial charge in [0.25, 0.3) is 0 Å². The Kier molecular flexibility index (Phi) is 2.13. The van der Waals surface area contributed by atoms with Crippen molar-refractivity contribution in [1.29, 1.82) is 0 Å². The maximum absolute atomic E-state index is 4.40. The van der Waals surface area contributed by atoms with Crippen LogP contribution in [0, 0.1) is 5.41 Å². The molecule has 0 amide bonds. The van der Waals surface area contributed by atoms with Gasteiger partial charge < -0.3 is 10.2 Å². The van der Waals surface area contributed by atoms with Gasteiger partial charge in [0.1, 0.15) is 5.82 Å². The fraction of sp³-hybridized carbons (Fsp3) is 0.583. The molecule has 3 rings (SSSR count). The molecule has 0 unspecified atom stereocenters. The van der Waals surface area contributed by atoms with E-state index >= 15 is 0 Å². The molecule has 0 aromatic carbocycles. The SMILES string of the molecule is c1ccc(N2CCC3(CC2)CNC3)nc1. The molecule has 2 aliphatic heterocycles. The monoisotopic (exact) mass is 203 g/mol. The Bertz CT molecular complexity index is 322. The summed E-state index contributed by atoms with van der Waals surface area (Å²) in [5, 5.41) is 3.39. The molecule has 0 atom stereocenters. The Labute approximate surface area is 90.5 Å². The van der Waals surface area contributed by atoms with E-state index in [1.807, 2.05) is 12.3 Å². The van der Waals surface area contributed by atoms with Crippen LogP contribution < -0.4 is 10.2 Å².